The van der Waals surface area contributed by atoms with E-state index in [1.54, 1.807) is 6.08 Å². The molecule has 2 nitrogen and oxygen atoms in total. The van der Waals surface area contributed by atoms with Gasteiger partial charge in [-0.15, -0.1) is 0 Å². The first-order valence-corrected chi connectivity index (χ1v) is 3.44. The van der Waals surface area contributed by atoms with Gasteiger partial charge in [0.05, 0.1) is 17.6 Å². The van der Waals surface area contributed by atoms with Crippen LogP contribution in [0, 0.1) is 0 Å². The summed E-state index contributed by atoms with van der Waals surface area (Å²) in [5, 5.41) is 3.09. The molecule has 0 bridgehead atoms. The van der Waals surface area contributed by atoms with Gasteiger partial charge in [0.25, 0.3) is 0 Å². The highest BCUT2D eigenvalue weighted by Crippen LogP contribution is 2.24. The van der Waals surface area contributed by atoms with Gasteiger partial charge >= 0.3 is 0 Å². The number of allylic oxidation sites excluding steroid dienone is 1. The highest BCUT2D eigenvalue weighted by atomic mass is 14.9. The number of benzene rings is 1. The fraction of sp³-hybridized carbons (Fsp3) is 0. The molecule has 0 saturated heterocycles. The number of anilines is 1. The molecule has 1 N–H and O–H groups in total. The van der Waals surface area contributed by atoms with E-state index >= 15 is 0 Å². The Morgan fingerprint density at radius 2 is 2.18 bits per heavy atom. The monoisotopic (exact) mass is 143 g/mol. The SMILES string of the molecule is [C]1=Nc2ccccc2NC=C1. The van der Waals surface area contributed by atoms with Gasteiger partial charge in [-0.3, -0.25) is 0 Å². The number of rotatable bonds is 0. The van der Waals surface area contributed by atoms with Crippen molar-refractivity contribution in [3.05, 3.63) is 36.5 Å². The van der Waals surface area contributed by atoms with Crippen molar-refractivity contribution in [2.75, 3.05) is 5.32 Å². The van der Waals surface area contributed by atoms with Gasteiger partial charge in [0, 0.05) is 6.20 Å². The minimum Gasteiger partial charge on any atom is -0.360 e. The molecule has 1 aromatic rings. The summed E-state index contributed by atoms with van der Waals surface area (Å²) in [6, 6.07) is 7.86. The summed E-state index contributed by atoms with van der Waals surface area (Å²) in [5.41, 5.74) is 1.95. The molecule has 11 heavy (non-hydrogen) atoms. The quantitative estimate of drug-likeness (QED) is 0.591. The number of hydrogen-bond acceptors (Lipinski definition) is 2. The molecule has 2 rings (SSSR count). The van der Waals surface area contributed by atoms with Gasteiger partial charge in [-0.25, -0.2) is 4.99 Å². The Bertz CT molecular complexity index is 313. The Labute approximate surface area is 65.3 Å². The molecular formula is C9H7N2. The number of nitrogens with zero attached hydrogens (tertiary/aromatic N) is 1. The summed E-state index contributed by atoms with van der Waals surface area (Å²) in [6.45, 7) is 0. The van der Waals surface area contributed by atoms with Crippen molar-refractivity contribution in [1.82, 2.24) is 0 Å². The predicted molar refractivity (Wildman–Crippen MR) is 46.3 cm³/mol. The van der Waals surface area contributed by atoms with Gasteiger partial charge in [0.1, 0.15) is 0 Å². The van der Waals surface area contributed by atoms with E-state index in [1.165, 1.54) is 0 Å². The molecule has 1 aliphatic rings. The summed E-state index contributed by atoms with van der Waals surface area (Å²) < 4.78 is 0. The average molecular weight is 143 g/mol. The topological polar surface area (TPSA) is 24.4 Å². The van der Waals surface area contributed by atoms with Crippen LogP contribution in [0.15, 0.2) is 41.5 Å². The van der Waals surface area contributed by atoms with Crippen molar-refractivity contribution in [3.63, 3.8) is 0 Å². The number of fused-ring (bicyclic) bond motifs is 1. The minimum absolute atomic E-state index is 0.928. The highest BCUT2D eigenvalue weighted by Gasteiger charge is 1.97. The lowest BCUT2D eigenvalue weighted by Crippen LogP contribution is -1.84. The van der Waals surface area contributed by atoms with Crippen molar-refractivity contribution < 1.29 is 0 Å². The van der Waals surface area contributed by atoms with Crippen molar-refractivity contribution >= 4 is 17.6 Å². The molecule has 0 atom stereocenters. The van der Waals surface area contributed by atoms with Crippen LogP contribution in [0.25, 0.3) is 0 Å². The maximum atomic E-state index is 4.09. The van der Waals surface area contributed by atoms with Crippen LogP contribution in [-0.2, 0) is 0 Å². The summed E-state index contributed by atoms with van der Waals surface area (Å²) in [7, 11) is 0. The normalized spacial score (nSPS) is 13.5. The summed E-state index contributed by atoms with van der Waals surface area (Å²) in [5.74, 6) is 0. The second-order valence-corrected chi connectivity index (χ2v) is 2.24. The van der Waals surface area contributed by atoms with Crippen LogP contribution < -0.4 is 5.32 Å². The van der Waals surface area contributed by atoms with E-state index in [2.05, 4.69) is 16.5 Å². The Balaban J connectivity index is 2.52. The molecule has 0 amide bonds. The van der Waals surface area contributed by atoms with Crippen LogP contribution in [-0.4, -0.2) is 6.21 Å². The second-order valence-electron chi connectivity index (χ2n) is 2.24. The molecular weight excluding hydrogens is 136 g/mol. The fourth-order valence-corrected chi connectivity index (χ4v) is 0.969. The summed E-state index contributed by atoms with van der Waals surface area (Å²) >= 11 is 0. The molecule has 53 valence electrons. The summed E-state index contributed by atoms with van der Waals surface area (Å²) in [6.07, 6.45) is 6.35. The zero-order valence-electron chi connectivity index (χ0n) is 5.91. The molecule has 1 heterocycles. The van der Waals surface area contributed by atoms with Crippen molar-refractivity contribution in [3.8, 4) is 0 Å². The fourth-order valence-electron chi connectivity index (χ4n) is 0.969. The Hall–Kier alpha value is -1.57. The van der Waals surface area contributed by atoms with E-state index in [0.717, 1.165) is 11.4 Å². The molecule has 0 unspecified atom stereocenters. The summed E-state index contributed by atoms with van der Waals surface area (Å²) in [4.78, 5) is 4.09. The van der Waals surface area contributed by atoms with Crippen LogP contribution in [0.5, 0.6) is 0 Å². The first-order valence-electron chi connectivity index (χ1n) is 3.44. The molecule has 1 radical (unpaired) electrons. The number of hydrogen-bond donors (Lipinski definition) is 1. The predicted octanol–water partition coefficient (Wildman–Crippen LogP) is 2.21. The molecule has 0 spiro atoms. The first kappa shape index (κ1) is 6.16. The largest absolute Gasteiger partial charge is 0.360 e. The van der Waals surface area contributed by atoms with Crippen LogP contribution in [0.3, 0.4) is 0 Å². The third-order valence-corrected chi connectivity index (χ3v) is 1.49. The smallest absolute Gasteiger partial charge is 0.0909 e. The van der Waals surface area contributed by atoms with Crippen LogP contribution in [0.2, 0.25) is 0 Å². The van der Waals surface area contributed by atoms with Gasteiger partial charge in [-0.05, 0) is 18.2 Å². The lowest BCUT2D eigenvalue weighted by molar-refractivity contribution is 1.52. The van der Waals surface area contributed by atoms with Gasteiger partial charge in [-0.1, -0.05) is 12.1 Å². The Morgan fingerprint density at radius 3 is 3.18 bits per heavy atom. The van der Waals surface area contributed by atoms with Crippen LogP contribution in [0.4, 0.5) is 11.4 Å². The molecule has 2 heteroatoms. The first-order chi connectivity index (χ1) is 5.47. The molecule has 0 aromatic heterocycles. The van der Waals surface area contributed by atoms with Gasteiger partial charge < -0.3 is 5.32 Å². The molecule has 1 aromatic carbocycles. The molecule has 0 aliphatic carbocycles. The van der Waals surface area contributed by atoms with E-state index in [1.807, 2.05) is 30.5 Å². The van der Waals surface area contributed by atoms with Gasteiger partial charge in [-0.2, -0.15) is 0 Å². The van der Waals surface area contributed by atoms with E-state index in [-0.39, 0.29) is 0 Å². The lowest BCUT2D eigenvalue weighted by atomic mass is 10.3. The minimum atomic E-state index is 0.928. The number of aliphatic imine (C=N–C) groups is 1. The van der Waals surface area contributed by atoms with Crippen molar-refractivity contribution in [1.29, 1.82) is 0 Å². The number of para-hydroxylation sites is 2. The van der Waals surface area contributed by atoms with E-state index in [4.69, 9.17) is 0 Å². The van der Waals surface area contributed by atoms with Gasteiger partial charge in [0.2, 0.25) is 0 Å². The zero-order chi connectivity index (χ0) is 7.52. The third kappa shape index (κ3) is 1.15. The number of nitrogens with one attached hydrogen (secondary N) is 1. The van der Waals surface area contributed by atoms with Crippen LogP contribution >= 0.6 is 0 Å². The van der Waals surface area contributed by atoms with Crippen molar-refractivity contribution in [2.45, 2.75) is 0 Å². The average Bonchev–Trinajstić information content (AvgIpc) is 2.28. The van der Waals surface area contributed by atoms with E-state index in [9.17, 15) is 0 Å². The maximum absolute atomic E-state index is 4.09. The van der Waals surface area contributed by atoms with Crippen LogP contribution in [0.1, 0.15) is 0 Å². The maximum Gasteiger partial charge on any atom is 0.0909 e. The lowest BCUT2D eigenvalue weighted by Gasteiger charge is -2.00. The second kappa shape index (κ2) is 2.58. The Morgan fingerprint density at radius 1 is 1.27 bits per heavy atom. The zero-order valence-corrected chi connectivity index (χ0v) is 5.91. The van der Waals surface area contributed by atoms with E-state index in [0.29, 0.717) is 0 Å². The van der Waals surface area contributed by atoms with Crippen molar-refractivity contribution in [2.24, 2.45) is 4.99 Å². The molecule has 0 saturated carbocycles. The third-order valence-electron chi connectivity index (χ3n) is 1.49. The Kier molecular flexibility index (Phi) is 1.44. The highest BCUT2D eigenvalue weighted by molar-refractivity contribution is 5.81. The van der Waals surface area contributed by atoms with E-state index < -0.39 is 0 Å². The molecule has 0 fully saturated rings. The van der Waals surface area contributed by atoms with Gasteiger partial charge in [0.15, 0.2) is 0 Å². The standard InChI is InChI=1S/C9H7N2/c1-2-5-9-8(4-1)10-6-3-7-11-9/h1-6,10H. The molecule has 1 aliphatic heterocycles.